The van der Waals surface area contributed by atoms with E-state index in [9.17, 15) is 0 Å². The summed E-state index contributed by atoms with van der Waals surface area (Å²) in [4.78, 5) is 9.04. The van der Waals surface area contributed by atoms with Crippen molar-refractivity contribution in [3.63, 3.8) is 0 Å². The van der Waals surface area contributed by atoms with Gasteiger partial charge in [-0.05, 0) is 68.4 Å². The number of aryl methyl sites for hydroxylation is 2. The highest BCUT2D eigenvalue weighted by molar-refractivity contribution is 5.60. The minimum Gasteiger partial charge on any atom is -0.396 e. The molecule has 0 saturated heterocycles. The maximum Gasteiger partial charge on any atom is 0.161 e. The van der Waals surface area contributed by atoms with Gasteiger partial charge in [0.15, 0.2) is 5.82 Å². The maximum atomic E-state index is 6.00. The molecule has 0 aliphatic heterocycles. The van der Waals surface area contributed by atoms with Crippen molar-refractivity contribution in [3.05, 3.63) is 82.7 Å². The van der Waals surface area contributed by atoms with Crippen molar-refractivity contribution in [1.82, 2.24) is 14.5 Å². The summed E-state index contributed by atoms with van der Waals surface area (Å²) in [6, 6.07) is 10.4. The Morgan fingerprint density at radius 1 is 1.15 bits per heavy atom. The first-order valence-corrected chi connectivity index (χ1v) is 9.14. The van der Waals surface area contributed by atoms with Gasteiger partial charge < -0.3 is 5.73 Å². The fourth-order valence-electron chi connectivity index (χ4n) is 3.61. The summed E-state index contributed by atoms with van der Waals surface area (Å²) in [7, 11) is 0. The molecule has 0 radical (unpaired) electrons. The Kier molecular flexibility index (Phi) is 4.29. The number of imidazole rings is 1. The number of benzene rings is 1. The molecule has 1 aliphatic rings. The summed E-state index contributed by atoms with van der Waals surface area (Å²) in [5, 5.41) is 0. The first-order chi connectivity index (χ1) is 13.0. The van der Waals surface area contributed by atoms with E-state index < -0.39 is 0 Å². The average molecular weight is 354 g/mol. The van der Waals surface area contributed by atoms with E-state index in [1.807, 2.05) is 36.7 Å². The van der Waals surface area contributed by atoms with Gasteiger partial charge in [0.1, 0.15) is 5.69 Å². The molecule has 134 valence electrons. The van der Waals surface area contributed by atoms with Crippen LogP contribution < -0.4 is 5.73 Å². The van der Waals surface area contributed by atoms with Gasteiger partial charge in [-0.1, -0.05) is 24.6 Å². The largest absolute Gasteiger partial charge is 0.396 e. The normalized spacial score (nSPS) is 12.4. The van der Waals surface area contributed by atoms with Gasteiger partial charge in [-0.25, -0.2) is 4.98 Å². The monoisotopic (exact) mass is 354 g/mol. The first-order valence-electron chi connectivity index (χ1n) is 9.14. The molecule has 2 aromatic heterocycles. The van der Waals surface area contributed by atoms with Gasteiger partial charge in [-0.15, -0.1) is 0 Å². The topological polar surface area (TPSA) is 56.7 Å². The molecule has 0 bridgehead atoms. The van der Waals surface area contributed by atoms with Crippen molar-refractivity contribution < 1.29 is 0 Å². The summed E-state index contributed by atoms with van der Waals surface area (Å²) in [6.45, 7) is 7.83. The van der Waals surface area contributed by atoms with Crippen LogP contribution in [0.4, 0.5) is 0 Å². The van der Waals surface area contributed by atoms with Crippen molar-refractivity contribution in [2.45, 2.75) is 33.1 Å². The summed E-state index contributed by atoms with van der Waals surface area (Å²) >= 11 is 0. The summed E-state index contributed by atoms with van der Waals surface area (Å²) in [6.07, 6.45) is 5.28. The van der Waals surface area contributed by atoms with Gasteiger partial charge in [0, 0.05) is 11.3 Å². The SMILES string of the molecule is C=C(N)c1nc(C#Cc2cccc3c2CCC3)c(C)n1-c1ccc(C)nc1. The minimum absolute atomic E-state index is 0.410. The number of nitrogens with two attached hydrogens (primary N) is 1. The van der Waals surface area contributed by atoms with Crippen LogP contribution in [0.15, 0.2) is 43.1 Å². The van der Waals surface area contributed by atoms with Crippen LogP contribution in [0.3, 0.4) is 0 Å². The number of nitrogens with zero attached hydrogens (tertiary/aromatic N) is 3. The van der Waals surface area contributed by atoms with E-state index >= 15 is 0 Å². The number of hydrogen-bond acceptors (Lipinski definition) is 3. The standard InChI is InChI=1S/C23H22N4/c1-15-10-12-20(14-25-15)27-17(3)22(26-23(27)16(2)24)13-11-19-7-4-6-18-8-5-9-21(18)19/h4,6-7,10,12,14H,2,5,8-9,24H2,1,3H3. The van der Waals surface area contributed by atoms with Crippen LogP contribution in [-0.4, -0.2) is 14.5 Å². The number of rotatable bonds is 2. The zero-order valence-corrected chi connectivity index (χ0v) is 15.7. The molecule has 2 N–H and O–H groups in total. The number of aromatic nitrogens is 3. The van der Waals surface area contributed by atoms with Crippen molar-refractivity contribution in [2.24, 2.45) is 5.73 Å². The van der Waals surface area contributed by atoms with Crippen molar-refractivity contribution in [2.75, 3.05) is 0 Å². The Balaban J connectivity index is 1.80. The second kappa shape index (κ2) is 6.77. The Labute approximate surface area is 159 Å². The highest BCUT2D eigenvalue weighted by atomic mass is 15.1. The van der Waals surface area contributed by atoms with Crippen LogP contribution in [0.2, 0.25) is 0 Å². The van der Waals surface area contributed by atoms with Crippen LogP contribution >= 0.6 is 0 Å². The molecule has 0 fully saturated rings. The van der Waals surface area contributed by atoms with Crippen LogP contribution in [0.5, 0.6) is 0 Å². The maximum absolute atomic E-state index is 6.00. The fraction of sp³-hybridized carbons (Fsp3) is 0.217. The van der Waals surface area contributed by atoms with E-state index in [0.717, 1.165) is 35.5 Å². The molecule has 4 rings (SSSR count). The quantitative estimate of drug-likeness (QED) is 0.714. The van der Waals surface area contributed by atoms with Crippen molar-refractivity contribution in [1.29, 1.82) is 0 Å². The third kappa shape index (κ3) is 3.13. The zero-order chi connectivity index (χ0) is 19.0. The van der Waals surface area contributed by atoms with Crippen molar-refractivity contribution >= 4 is 5.70 Å². The van der Waals surface area contributed by atoms with E-state index in [4.69, 9.17) is 5.73 Å². The molecule has 0 spiro atoms. The predicted molar refractivity (Wildman–Crippen MR) is 109 cm³/mol. The molecule has 27 heavy (non-hydrogen) atoms. The highest BCUT2D eigenvalue weighted by Crippen LogP contribution is 2.25. The van der Waals surface area contributed by atoms with E-state index in [-0.39, 0.29) is 0 Å². The molecule has 1 aromatic carbocycles. The third-order valence-electron chi connectivity index (χ3n) is 5.01. The van der Waals surface area contributed by atoms with Crippen molar-refractivity contribution in [3.8, 4) is 17.5 Å². The van der Waals surface area contributed by atoms with E-state index in [0.29, 0.717) is 17.2 Å². The van der Waals surface area contributed by atoms with Gasteiger partial charge >= 0.3 is 0 Å². The zero-order valence-electron chi connectivity index (χ0n) is 15.7. The van der Waals surface area contributed by atoms with E-state index in [2.05, 4.69) is 46.6 Å². The number of fused-ring (bicyclic) bond motifs is 1. The van der Waals surface area contributed by atoms with Gasteiger partial charge in [-0.3, -0.25) is 9.55 Å². The highest BCUT2D eigenvalue weighted by Gasteiger charge is 2.16. The minimum atomic E-state index is 0.410. The summed E-state index contributed by atoms with van der Waals surface area (Å²) < 4.78 is 1.97. The number of pyridine rings is 1. The average Bonchev–Trinajstić information content (AvgIpc) is 3.26. The van der Waals surface area contributed by atoms with Crippen LogP contribution in [-0.2, 0) is 12.8 Å². The molecule has 4 nitrogen and oxygen atoms in total. The Morgan fingerprint density at radius 3 is 2.74 bits per heavy atom. The lowest BCUT2D eigenvalue weighted by atomic mass is 10.0. The van der Waals surface area contributed by atoms with Gasteiger partial charge in [0.25, 0.3) is 0 Å². The lowest BCUT2D eigenvalue weighted by molar-refractivity contribution is 0.911. The lowest BCUT2D eigenvalue weighted by Gasteiger charge is -2.09. The Morgan fingerprint density at radius 2 is 2.00 bits per heavy atom. The van der Waals surface area contributed by atoms with E-state index in [1.54, 1.807) is 0 Å². The number of hydrogen-bond donors (Lipinski definition) is 1. The molecule has 0 amide bonds. The molecule has 1 aliphatic carbocycles. The Bertz CT molecular complexity index is 1090. The molecule has 0 unspecified atom stereocenters. The molecule has 4 heteroatoms. The fourth-order valence-corrected chi connectivity index (χ4v) is 3.61. The molecular formula is C23H22N4. The van der Waals surface area contributed by atoms with Crippen LogP contribution in [0.1, 0.15) is 46.0 Å². The Hall–Kier alpha value is -3.32. The molecular weight excluding hydrogens is 332 g/mol. The summed E-state index contributed by atoms with van der Waals surface area (Å²) in [5.41, 5.74) is 13.8. The lowest BCUT2D eigenvalue weighted by Crippen LogP contribution is -2.06. The third-order valence-corrected chi connectivity index (χ3v) is 5.01. The molecule has 2 heterocycles. The molecule has 0 saturated carbocycles. The van der Waals surface area contributed by atoms with Gasteiger partial charge in [0.2, 0.25) is 0 Å². The first kappa shape index (κ1) is 17.1. The van der Waals surface area contributed by atoms with E-state index in [1.165, 1.54) is 17.5 Å². The molecule has 3 aromatic rings. The second-order valence-corrected chi connectivity index (χ2v) is 6.93. The van der Waals surface area contributed by atoms with Crippen LogP contribution in [0, 0.1) is 25.7 Å². The summed E-state index contributed by atoms with van der Waals surface area (Å²) in [5.74, 6) is 7.20. The predicted octanol–water partition coefficient (Wildman–Crippen LogP) is 3.70. The second-order valence-electron chi connectivity index (χ2n) is 6.93. The smallest absolute Gasteiger partial charge is 0.161 e. The molecule has 0 atom stereocenters. The van der Waals surface area contributed by atoms with Gasteiger partial charge in [-0.2, -0.15) is 0 Å². The van der Waals surface area contributed by atoms with Crippen LogP contribution in [0.25, 0.3) is 11.4 Å². The van der Waals surface area contributed by atoms with Gasteiger partial charge in [0.05, 0.1) is 23.3 Å².